The SMILES string of the molecule is Cc1ccc(C=Nn2c(O)csc2=O)cc1. The van der Waals surface area contributed by atoms with E-state index in [9.17, 15) is 9.90 Å². The lowest BCUT2D eigenvalue weighted by Gasteiger charge is -1.95. The third-order valence-corrected chi connectivity index (χ3v) is 2.76. The van der Waals surface area contributed by atoms with Gasteiger partial charge in [0.25, 0.3) is 0 Å². The van der Waals surface area contributed by atoms with Crippen LogP contribution < -0.4 is 4.87 Å². The van der Waals surface area contributed by atoms with Crippen molar-refractivity contribution in [2.75, 3.05) is 0 Å². The molecule has 0 aliphatic carbocycles. The van der Waals surface area contributed by atoms with Crippen LogP contribution in [0.4, 0.5) is 0 Å². The molecular formula is C11H10N2O2S. The van der Waals surface area contributed by atoms with Gasteiger partial charge in [0.2, 0.25) is 5.88 Å². The lowest BCUT2D eigenvalue weighted by atomic mass is 10.2. The molecule has 82 valence electrons. The van der Waals surface area contributed by atoms with Crippen molar-refractivity contribution < 1.29 is 5.11 Å². The summed E-state index contributed by atoms with van der Waals surface area (Å²) in [5.41, 5.74) is 2.04. The molecule has 2 aromatic rings. The van der Waals surface area contributed by atoms with Gasteiger partial charge in [0.15, 0.2) is 0 Å². The molecule has 0 atom stereocenters. The molecule has 0 aliphatic rings. The summed E-state index contributed by atoms with van der Waals surface area (Å²) in [5, 5.41) is 14.6. The Balaban J connectivity index is 2.28. The van der Waals surface area contributed by atoms with Crippen LogP contribution in [0.5, 0.6) is 5.88 Å². The maximum Gasteiger partial charge on any atom is 0.330 e. The minimum atomic E-state index is -0.305. The van der Waals surface area contributed by atoms with Crippen molar-refractivity contribution in [1.29, 1.82) is 0 Å². The van der Waals surface area contributed by atoms with Gasteiger partial charge in [-0.1, -0.05) is 41.2 Å². The van der Waals surface area contributed by atoms with Crippen LogP contribution in [-0.2, 0) is 0 Å². The van der Waals surface area contributed by atoms with E-state index in [1.165, 1.54) is 11.6 Å². The summed E-state index contributed by atoms with van der Waals surface area (Å²) >= 11 is 0.912. The van der Waals surface area contributed by atoms with E-state index in [-0.39, 0.29) is 10.8 Å². The Kier molecular flexibility index (Phi) is 2.87. The molecule has 0 bridgehead atoms. The molecular weight excluding hydrogens is 224 g/mol. The zero-order valence-electron chi connectivity index (χ0n) is 8.62. The van der Waals surface area contributed by atoms with Crippen molar-refractivity contribution in [1.82, 2.24) is 4.68 Å². The maximum absolute atomic E-state index is 11.2. The van der Waals surface area contributed by atoms with Crippen LogP contribution in [0.3, 0.4) is 0 Å². The average molecular weight is 234 g/mol. The zero-order chi connectivity index (χ0) is 11.5. The third-order valence-electron chi connectivity index (χ3n) is 2.05. The number of thiazole rings is 1. The van der Waals surface area contributed by atoms with E-state index in [4.69, 9.17) is 0 Å². The number of benzene rings is 1. The molecule has 4 nitrogen and oxygen atoms in total. The van der Waals surface area contributed by atoms with Gasteiger partial charge >= 0.3 is 4.87 Å². The second-order valence-electron chi connectivity index (χ2n) is 3.33. The molecule has 1 N–H and O–H groups in total. The molecule has 1 aromatic heterocycles. The molecule has 0 radical (unpaired) electrons. The Morgan fingerprint density at radius 1 is 1.38 bits per heavy atom. The fourth-order valence-electron chi connectivity index (χ4n) is 1.18. The van der Waals surface area contributed by atoms with Crippen LogP contribution in [0, 0.1) is 6.92 Å². The van der Waals surface area contributed by atoms with E-state index in [0.717, 1.165) is 27.1 Å². The summed E-state index contributed by atoms with van der Waals surface area (Å²) in [5.74, 6) is -0.140. The minimum Gasteiger partial charge on any atom is -0.493 e. The van der Waals surface area contributed by atoms with Crippen molar-refractivity contribution in [3.05, 3.63) is 50.4 Å². The molecule has 0 spiro atoms. The molecule has 2 rings (SSSR count). The first-order valence-corrected chi connectivity index (χ1v) is 5.55. The molecule has 5 heteroatoms. The number of hydrogen-bond donors (Lipinski definition) is 1. The van der Waals surface area contributed by atoms with Gasteiger partial charge in [-0.15, -0.1) is 0 Å². The molecule has 0 saturated heterocycles. The van der Waals surface area contributed by atoms with Crippen LogP contribution >= 0.6 is 11.3 Å². The molecule has 1 heterocycles. The molecule has 0 fully saturated rings. The van der Waals surface area contributed by atoms with E-state index in [1.54, 1.807) is 0 Å². The van der Waals surface area contributed by atoms with Crippen molar-refractivity contribution >= 4 is 17.6 Å². The van der Waals surface area contributed by atoms with Gasteiger partial charge in [0, 0.05) is 0 Å². The number of rotatable bonds is 2. The molecule has 0 saturated carbocycles. The summed E-state index contributed by atoms with van der Waals surface area (Å²) in [6.45, 7) is 2.00. The Hall–Kier alpha value is -1.88. The fraction of sp³-hybridized carbons (Fsp3) is 0.0909. The first-order valence-electron chi connectivity index (χ1n) is 4.67. The Morgan fingerprint density at radius 3 is 2.62 bits per heavy atom. The molecule has 0 amide bonds. The van der Waals surface area contributed by atoms with Crippen molar-refractivity contribution in [2.45, 2.75) is 6.92 Å². The molecule has 0 unspecified atom stereocenters. The zero-order valence-corrected chi connectivity index (χ0v) is 9.44. The fourth-order valence-corrected chi connectivity index (χ4v) is 1.73. The quantitative estimate of drug-likeness (QED) is 0.806. The number of aromatic hydroxyl groups is 1. The van der Waals surface area contributed by atoms with E-state index in [1.807, 2.05) is 31.2 Å². The van der Waals surface area contributed by atoms with E-state index < -0.39 is 0 Å². The lowest BCUT2D eigenvalue weighted by Crippen LogP contribution is -2.07. The van der Waals surface area contributed by atoms with Crippen molar-refractivity contribution in [3.63, 3.8) is 0 Å². The Labute approximate surface area is 96.1 Å². The van der Waals surface area contributed by atoms with Gasteiger partial charge in [-0.2, -0.15) is 9.78 Å². The van der Waals surface area contributed by atoms with Crippen LogP contribution in [-0.4, -0.2) is 16.0 Å². The largest absolute Gasteiger partial charge is 0.493 e. The first kappa shape index (κ1) is 10.6. The predicted octanol–water partition coefficient (Wildman–Crippen LogP) is 1.81. The van der Waals surface area contributed by atoms with E-state index in [2.05, 4.69) is 5.10 Å². The molecule has 0 aliphatic heterocycles. The van der Waals surface area contributed by atoms with Crippen LogP contribution in [0.15, 0.2) is 39.5 Å². The van der Waals surface area contributed by atoms with E-state index >= 15 is 0 Å². The minimum absolute atomic E-state index is 0.140. The Morgan fingerprint density at radius 2 is 2.06 bits per heavy atom. The highest BCUT2D eigenvalue weighted by atomic mass is 32.1. The smallest absolute Gasteiger partial charge is 0.330 e. The Bertz CT molecular complexity index is 566. The van der Waals surface area contributed by atoms with Crippen LogP contribution in [0.25, 0.3) is 0 Å². The van der Waals surface area contributed by atoms with E-state index in [0.29, 0.717) is 0 Å². The van der Waals surface area contributed by atoms with Crippen LogP contribution in [0.1, 0.15) is 11.1 Å². The monoisotopic (exact) mass is 234 g/mol. The van der Waals surface area contributed by atoms with Crippen molar-refractivity contribution in [2.24, 2.45) is 5.10 Å². The van der Waals surface area contributed by atoms with Gasteiger partial charge in [-0.25, -0.2) is 0 Å². The highest BCUT2D eigenvalue weighted by Crippen LogP contribution is 2.08. The highest BCUT2D eigenvalue weighted by molar-refractivity contribution is 7.07. The summed E-state index contributed by atoms with van der Waals surface area (Å²) in [4.78, 5) is 10.9. The standard InChI is InChI=1S/C11H10N2O2S/c1-8-2-4-9(5-3-8)6-12-13-10(14)7-16-11(13)15/h2-7,14H,1H3. The topological polar surface area (TPSA) is 54.6 Å². The molecule has 1 aromatic carbocycles. The van der Waals surface area contributed by atoms with Gasteiger partial charge in [-0.05, 0) is 12.5 Å². The van der Waals surface area contributed by atoms with Gasteiger partial charge in [0.1, 0.15) is 0 Å². The summed E-state index contributed by atoms with van der Waals surface area (Å²) < 4.78 is 0.963. The number of hydrogen-bond acceptors (Lipinski definition) is 4. The van der Waals surface area contributed by atoms with Crippen molar-refractivity contribution in [3.8, 4) is 5.88 Å². The third kappa shape index (κ3) is 2.20. The van der Waals surface area contributed by atoms with Gasteiger partial charge in [-0.3, -0.25) is 4.79 Å². The predicted molar refractivity (Wildman–Crippen MR) is 64.4 cm³/mol. The summed E-state index contributed by atoms with van der Waals surface area (Å²) in [6.07, 6.45) is 1.54. The number of aromatic nitrogens is 1. The number of nitrogens with zero attached hydrogens (tertiary/aromatic N) is 2. The first-order chi connectivity index (χ1) is 7.66. The second kappa shape index (κ2) is 4.32. The lowest BCUT2D eigenvalue weighted by molar-refractivity contribution is 0.427. The summed E-state index contributed by atoms with van der Waals surface area (Å²) in [7, 11) is 0. The van der Waals surface area contributed by atoms with Crippen LogP contribution in [0.2, 0.25) is 0 Å². The average Bonchev–Trinajstić information content (AvgIpc) is 2.59. The summed E-state index contributed by atoms with van der Waals surface area (Å²) in [6, 6.07) is 7.70. The number of aryl methyl sites for hydroxylation is 1. The van der Waals surface area contributed by atoms with Gasteiger partial charge in [0.05, 0.1) is 11.6 Å². The molecule has 16 heavy (non-hydrogen) atoms. The normalized spacial score (nSPS) is 11.1. The maximum atomic E-state index is 11.2. The van der Waals surface area contributed by atoms with Gasteiger partial charge < -0.3 is 5.11 Å². The second-order valence-corrected chi connectivity index (χ2v) is 4.15. The highest BCUT2D eigenvalue weighted by Gasteiger charge is 2.01.